The molecule has 0 aliphatic carbocycles. The Hall–Kier alpha value is -2.36. The number of nitrogens with one attached hydrogen (secondary N) is 2. The van der Waals surface area contributed by atoms with E-state index in [9.17, 15) is 4.79 Å². The number of carbonyl (C=O) groups excluding carboxylic acids is 1. The first-order valence-corrected chi connectivity index (χ1v) is 7.62. The number of benzene rings is 1. The molecular weight excluding hydrogens is 274 g/mol. The second-order valence-electron chi connectivity index (χ2n) is 5.86. The van der Waals surface area contributed by atoms with Gasteiger partial charge >= 0.3 is 0 Å². The van der Waals surface area contributed by atoms with Gasteiger partial charge in [-0.25, -0.2) is 0 Å². The van der Waals surface area contributed by atoms with Crippen LogP contribution in [0.4, 0.5) is 11.4 Å². The number of rotatable bonds is 6. The lowest BCUT2D eigenvalue weighted by molar-refractivity contribution is 0.102. The van der Waals surface area contributed by atoms with Crippen LogP contribution in [0.5, 0.6) is 0 Å². The van der Waals surface area contributed by atoms with Crippen LogP contribution < -0.4 is 10.6 Å². The van der Waals surface area contributed by atoms with Crippen LogP contribution in [0, 0.1) is 12.8 Å². The van der Waals surface area contributed by atoms with Gasteiger partial charge in [0.15, 0.2) is 0 Å². The first-order chi connectivity index (χ1) is 10.5. The molecule has 0 atom stereocenters. The molecule has 1 amide bonds. The number of pyridine rings is 1. The van der Waals surface area contributed by atoms with E-state index < -0.39 is 0 Å². The average molecular weight is 297 g/mol. The van der Waals surface area contributed by atoms with Crippen LogP contribution in [0.25, 0.3) is 0 Å². The third-order valence-corrected chi connectivity index (χ3v) is 3.35. The Morgan fingerprint density at radius 1 is 1.14 bits per heavy atom. The van der Waals surface area contributed by atoms with Crippen LogP contribution in [0.1, 0.15) is 36.3 Å². The van der Waals surface area contributed by atoms with Gasteiger partial charge in [0, 0.05) is 24.1 Å². The van der Waals surface area contributed by atoms with Gasteiger partial charge in [-0.1, -0.05) is 31.5 Å². The van der Waals surface area contributed by atoms with E-state index in [1.807, 2.05) is 37.3 Å². The van der Waals surface area contributed by atoms with E-state index in [0.29, 0.717) is 11.6 Å². The summed E-state index contributed by atoms with van der Waals surface area (Å²) < 4.78 is 0. The highest BCUT2D eigenvalue weighted by Crippen LogP contribution is 2.13. The van der Waals surface area contributed by atoms with Crippen molar-refractivity contribution in [2.75, 3.05) is 17.2 Å². The van der Waals surface area contributed by atoms with E-state index in [1.165, 1.54) is 0 Å². The molecule has 4 nitrogen and oxygen atoms in total. The Balaban J connectivity index is 1.99. The summed E-state index contributed by atoms with van der Waals surface area (Å²) in [5.74, 6) is 0.454. The van der Waals surface area contributed by atoms with Crippen molar-refractivity contribution in [1.29, 1.82) is 0 Å². The van der Waals surface area contributed by atoms with Crippen LogP contribution >= 0.6 is 0 Å². The smallest absolute Gasteiger partial charge is 0.274 e. The molecule has 0 aliphatic heterocycles. The van der Waals surface area contributed by atoms with Gasteiger partial charge in [0.2, 0.25) is 0 Å². The molecule has 4 heteroatoms. The molecule has 1 aromatic carbocycles. The van der Waals surface area contributed by atoms with E-state index in [4.69, 9.17) is 0 Å². The van der Waals surface area contributed by atoms with E-state index in [2.05, 4.69) is 29.5 Å². The highest BCUT2D eigenvalue weighted by molar-refractivity contribution is 6.03. The SMILES string of the molecule is Cc1ccc(NC(=O)c2cc(NCCC(C)C)ccn2)cc1. The second-order valence-corrected chi connectivity index (χ2v) is 5.86. The Kier molecular flexibility index (Phi) is 5.53. The minimum atomic E-state index is -0.198. The van der Waals surface area contributed by atoms with Crippen molar-refractivity contribution < 1.29 is 4.79 Å². The van der Waals surface area contributed by atoms with Crippen molar-refractivity contribution in [2.24, 2.45) is 5.92 Å². The van der Waals surface area contributed by atoms with E-state index in [1.54, 1.807) is 12.3 Å². The summed E-state index contributed by atoms with van der Waals surface area (Å²) in [6.07, 6.45) is 2.75. The lowest BCUT2D eigenvalue weighted by atomic mass is 10.1. The van der Waals surface area contributed by atoms with E-state index in [0.717, 1.165) is 29.9 Å². The van der Waals surface area contributed by atoms with Crippen LogP contribution in [-0.4, -0.2) is 17.4 Å². The summed E-state index contributed by atoms with van der Waals surface area (Å²) in [5, 5.41) is 6.18. The number of aryl methyl sites for hydroxylation is 1. The monoisotopic (exact) mass is 297 g/mol. The lowest BCUT2D eigenvalue weighted by Crippen LogP contribution is -2.14. The largest absolute Gasteiger partial charge is 0.385 e. The zero-order valence-electron chi connectivity index (χ0n) is 13.4. The van der Waals surface area contributed by atoms with Crippen molar-refractivity contribution in [3.63, 3.8) is 0 Å². The fourth-order valence-corrected chi connectivity index (χ4v) is 2.00. The summed E-state index contributed by atoms with van der Waals surface area (Å²) in [4.78, 5) is 16.4. The number of hydrogen-bond donors (Lipinski definition) is 2. The molecule has 0 fully saturated rings. The Labute approximate surface area is 132 Å². The fourth-order valence-electron chi connectivity index (χ4n) is 2.00. The molecule has 2 rings (SSSR count). The highest BCUT2D eigenvalue weighted by atomic mass is 16.1. The van der Waals surface area contributed by atoms with Gasteiger partial charge in [0.05, 0.1) is 0 Å². The normalized spacial score (nSPS) is 10.5. The Morgan fingerprint density at radius 2 is 1.86 bits per heavy atom. The van der Waals surface area contributed by atoms with Crippen LogP contribution in [-0.2, 0) is 0 Å². The van der Waals surface area contributed by atoms with Crippen LogP contribution in [0.15, 0.2) is 42.6 Å². The number of hydrogen-bond acceptors (Lipinski definition) is 3. The average Bonchev–Trinajstić information content (AvgIpc) is 2.49. The Morgan fingerprint density at radius 3 is 2.55 bits per heavy atom. The molecule has 0 saturated heterocycles. The summed E-state index contributed by atoms with van der Waals surface area (Å²) >= 11 is 0. The molecule has 2 aromatic rings. The zero-order chi connectivity index (χ0) is 15.9. The number of nitrogens with zero attached hydrogens (tertiary/aromatic N) is 1. The van der Waals surface area contributed by atoms with Crippen molar-refractivity contribution in [3.8, 4) is 0 Å². The number of anilines is 2. The third kappa shape index (κ3) is 4.88. The predicted octanol–water partition coefficient (Wildman–Crippen LogP) is 4.10. The van der Waals surface area contributed by atoms with Crippen LogP contribution in [0.3, 0.4) is 0 Å². The van der Waals surface area contributed by atoms with Crippen molar-refractivity contribution in [3.05, 3.63) is 53.9 Å². The van der Waals surface area contributed by atoms with Crippen molar-refractivity contribution >= 4 is 17.3 Å². The molecule has 0 saturated carbocycles. The second kappa shape index (κ2) is 7.59. The maximum absolute atomic E-state index is 12.2. The summed E-state index contributed by atoms with van der Waals surface area (Å²) in [5.41, 5.74) is 3.27. The molecule has 0 bridgehead atoms. The highest BCUT2D eigenvalue weighted by Gasteiger charge is 2.08. The zero-order valence-corrected chi connectivity index (χ0v) is 13.4. The first-order valence-electron chi connectivity index (χ1n) is 7.62. The summed E-state index contributed by atoms with van der Waals surface area (Å²) in [6, 6.07) is 11.4. The maximum Gasteiger partial charge on any atom is 0.274 e. The number of amides is 1. The molecule has 116 valence electrons. The molecule has 2 N–H and O–H groups in total. The third-order valence-electron chi connectivity index (χ3n) is 3.35. The minimum Gasteiger partial charge on any atom is -0.385 e. The molecule has 0 aliphatic rings. The molecule has 0 radical (unpaired) electrons. The van der Waals surface area contributed by atoms with Gasteiger partial charge < -0.3 is 10.6 Å². The van der Waals surface area contributed by atoms with Gasteiger partial charge in [-0.05, 0) is 43.5 Å². The molecular formula is C18H23N3O. The quantitative estimate of drug-likeness (QED) is 0.844. The molecule has 0 unspecified atom stereocenters. The topological polar surface area (TPSA) is 54.0 Å². The molecule has 1 heterocycles. The number of aromatic nitrogens is 1. The summed E-state index contributed by atoms with van der Waals surface area (Å²) in [6.45, 7) is 7.28. The van der Waals surface area contributed by atoms with E-state index >= 15 is 0 Å². The predicted molar refractivity (Wildman–Crippen MR) is 91.3 cm³/mol. The number of carbonyl (C=O) groups is 1. The fraction of sp³-hybridized carbons (Fsp3) is 0.333. The standard InChI is InChI=1S/C18H23N3O/c1-13(2)8-10-19-16-9-11-20-17(12-16)18(22)21-15-6-4-14(3)5-7-15/h4-7,9,11-13H,8,10H2,1-3H3,(H,19,20)(H,21,22). The minimum absolute atomic E-state index is 0.198. The van der Waals surface area contributed by atoms with Crippen molar-refractivity contribution in [2.45, 2.75) is 27.2 Å². The summed E-state index contributed by atoms with van der Waals surface area (Å²) in [7, 11) is 0. The molecule has 0 spiro atoms. The maximum atomic E-state index is 12.2. The molecule has 1 aromatic heterocycles. The Bertz CT molecular complexity index is 620. The first kappa shape index (κ1) is 16.0. The van der Waals surface area contributed by atoms with E-state index in [-0.39, 0.29) is 5.91 Å². The van der Waals surface area contributed by atoms with Gasteiger partial charge in [-0.15, -0.1) is 0 Å². The van der Waals surface area contributed by atoms with Crippen molar-refractivity contribution in [1.82, 2.24) is 4.98 Å². The van der Waals surface area contributed by atoms with Gasteiger partial charge in [-0.3, -0.25) is 9.78 Å². The van der Waals surface area contributed by atoms with Crippen LogP contribution in [0.2, 0.25) is 0 Å². The van der Waals surface area contributed by atoms with Gasteiger partial charge in [0.25, 0.3) is 5.91 Å². The molecule has 22 heavy (non-hydrogen) atoms. The van der Waals surface area contributed by atoms with Gasteiger partial charge in [-0.2, -0.15) is 0 Å². The lowest BCUT2D eigenvalue weighted by Gasteiger charge is -2.10. The van der Waals surface area contributed by atoms with Gasteiger partial charge in [0.1, 0.15) is 5.69 Å².